The van der Waals surface area contributed by atoms with Gasteiger partial charge in [-0.2, -0.15) is 0 Å². The van der Waals surface area contributed by atoms with Crippen LogP contribution >= 0.6 is 0 Å². The molecule has 2 unspecified atom stereocenters. The molecule has 0 saturated heterocycles. The predicted octanol–water partition coefficient (Wildman–Crippen LogP) is 2.04. The van der Waals surface area contributed by atoms with Crippen LogP contribution in [0, 0.1) is 12.7 Å². The number of alkyl carbamates (subject to hydrolysis) is 1. The van der Waals surface area contributed by atoms with Gasteiger partial charge in [0.05, 0.1) is 48.6 Å². The van der Waals surface area contributed by atoms with Gasteiger partial charge in [-0.25, -0.2) is 24.0 Å². The van der Waals surface area contributed by atoms with Crippen molar-refractivity contribution in [2.24, 2.45) is 4.99 Å². The lowest BCUT2D eigenvalue weighted by molar-refractivity contribution is -0.172. The number of rotatable bonds is 19. The summed E-state index contributed by atoms with van der Waals surface area (Å²) in [5.41, 5.74) is 1.68. The molecule has 7 N–H and O–H groups in total. The molecule has 0 bridgehead atoms. The molecule has 3 atom stereocenters. The zero-order valence-corrected chi connectivity index (χ0v) is 41.8. The van der Waals surface area contributed by atoms with Crippen LogP contribution in [0.3, 0.4) is 0 Å². The number of aryl methyl sites for hydroxylation is 1. The number of nitrogens with one attached hydrogen (secondary N) is 6. The van der Waals surface area contributed by atoms with E-state index >= 15 is 4.39 Å². The molecule has 2 aromatic carbocycles. The molecule has 74 heavy (non-hydrogen) atoms. The van der Waals surface area contributed by atoms with Gasteiger partial charge in [-0.15, -0.1) is 0 Å². The van der Waals surface area contributed by atoms with Crippen molar-refractivity contribution in [3.8, 4) is 11.4 Å². The first-order chi connectivity index (χ1) is 35.2. The summed E-state index contributed by atoms with van der Waals surface area (Å²) in [6, 6.07) is 10.6. The maximum atomic E-state index is 15.4. The molecule has 7 rings (SSSR count). The van der Waals surface area contributed by atoms with Gasteiger partial charge in [-0.1, -0.05) is 37.3 Å². The molecule has 4 aromatic rings. The second-order valence-electron chi connectivity index (χ2n) is 19.3. The van der Waals surface area contributed by atoms with E-state index in [1.165, 1.54) is 10.6 Å². The Kier molecular flexibility index (Phi) is 16.7. The van der Waals surface area contributed by atoms with Gasteiger partial charge < -0.3 is 51.0 Å². The van der Waals surface area contributed by atoms with Crippen LogP contribution in [0.5, 0.6) is 0 Å². The topological polar surface area (TPSA) is 295 Å². The highest BCUT2D eigenvalue weighted by Crippen LogP contribution is 2.46. The molecule has 22 heteroatoms. The Morgan fingerprint density at radius 3 is 2.35 bits per heavy atom. The van der Waals surface area contributed by atoms with Gasteiger partial charge in [0.1, 0.15) is 24.1 Å². The Bertz CT molecular complexity index is 3010. The van der Waals surface area contributed by atoms with Crippen molar-refractivity contribution in [3.63, 3.8) is 0 Å². The smallest absolute Gasteiger partial charge is 0.407 e. The highest BCUT2D eigenvalue weighted by atomic mass is 19.1. The molecule has 3 aliphatic rings. The number of hydrogen-bond donors (Lipinski definition) is 7. The van der Waals surface area contributed by atoms with Crippen LogP contribution in [-0.4, -0.2) is 113 Å². The number of ether oxygens (including phenoxy) is 2. The van der Waals surface area contributed by atoms with E-state index < -0.39 is 102 Å². The molecule has 21 nitrogen and oxygen atoms in total. The van der Waals surface area contributed by atoms with Crippen molar-refractivity contribution in [3.05, 3.63) is 97.6 Å². The Labute approximate surface area is 424 Å². The summed E-state index contributed by atoms with van der Waals surface area (Å²) in [4.78, 5) is 124. The Hall–Kier alpha value is -7.88. The van der Waals surface area contributed by atoms with Gasteiger partial charge >= 0.3 is 12.1 Å². The van der Waals surface area contributed by atoms with Crippen molar-refractivity contribution < 1.29 is 57.3 Å². The standard InChI is InChI=1S/C52H60FN9O12/c1-6-52(72)34-20-38-46-32(26-62(38)48(69)33(34)27-73-49(52)70)44-30(14-15-31-28(2)35(53)21-36(61-46)45(31)44)22-56-39(63)13-10-17-54-41(65)24-59-47(68)37(19-29-11-8-7-9-12-29)60-43(67)25-58-42(66)23-57-40(64)16-18-55-50(71)74-51(3,4)5/h7-9,11-12,20-22,30,37,72H,6,10,13-19,23-27H2,1-5H3,(H,54,65)(H,55,71)(H,57,64)(H,58,66)(H,59,68)(H,60,67)/t30?,37?,52-/m0/s1. The normalized spacial score (nSPS) is 16.7. The van der Waals surface area contributed by atoms with E-state index in [9.17, 15) is 48.3 Å². The summed E-state index contributed by atoms with van der Waals surface area (Å²) >= 11 is 0. The van der Waals surface area contributed by atoms with Crippen molar-refractivity contribution in [2.45, 2.75) is 116 Å². The molecule has 0 fully saturated rings. The first kappa shape index (κ1) is 53.9. The van der Waals surface area contributed by atoms with Gasteiger partial charge in [0.15, 0.2) is 5.60 Å². The number of halogens is 1. The number of aliphatic imine (C=N–C) groups is 1. The van der Waals surface area contributed by atoms with Gasteiger partial charge in [-0.05, 0) is 81.7 Å². The third-order valence-corrected chi connectivity index (χ3v) is 13.0. The van der Waals surface area contributed by atoms with Crippen molar-refractivity contribution in [1.82, 2.24) is 41.5 Å². The van der Waals surface area contributed by atoms with E-state index in [2.05, 4.69) is 36.9 Å². The van der Waals surface area contributed by atoms with Crippen molar-refractivity contribution >= 4 is 64.6 Å². The Balaban J connectivity index is 0.902. The number of nitrogens with zero attached hydrogens (tertiary/aromatic N) is 3. The van der Waals surface area contributed by atoms with Gasteiger partial charge in [0.2, 0.25) is 35.4 Å². The quantitative estimate of drug-likeness (QED) is 0.0355. The van der Waals surface area contributed by atoms with Crippen LogP contribution in [0.15, 0.2) is 52.3 Å². The largest absolute Gasteiger partial charge is 0.458 e. The molecule has 2 aromatic heterocycles. The fraction of sp³-hybridized carbons (Fsp3) is 0.442. The number of carbonyl (C=O) groups excluding carboxylic acids is 8. The first-order valence-electron chi connectivity index (χ1n) is 24.4. The minimum Gasteiger partial charge on any atom is -0.458 e. The molecule has 0 spiro atoms. The average molecular weight is 1020 g/mol. The first-order valence-corrected chi connectivity index (χ1v) is 24.4. The fourth-order valence-corrected chi connectivity index (χ4v) is 9.20. The Morgan fingerprint density at radius 1 is 0.919 bits per heavy atom. The number of fused-ring (bicyclic) bond motifs is 5. The van der Waals surface area contributed by atoms with E-state index in [1.807, 2.05) is 0 Å². The number of amides is 7. The van der Waals surface area contributed by atoms with Crippen LogP contribution in [-0.2, 0) is 74.6 Å². The summed E-state index contributed by atoms with van der Waals surface area (Å²) in [5, 5.41) is 27.0. The van der Waals surface area contributed by atoms with Crippen LogP contribution in [0.1, 0.15) is 105 Å². The van der Waals surface area contributed by atoms with E-state index in [0.717, 1.165) is 16.5 Å². The molecule has 0 saturated carbocycles. The van der Waals surface area contributed by atoms with Crippen LogP contribution in [0.25, 0.3) is 22.3 Å². The molecule has 2 aliphatic heterocycles. The maximum Gasteiger partial charge on any atom is 0.407 e. The summed E-state index contributed by atoms with van der Waals surface area (Å²) < 4.78 is 27.2. The number of carbonyl (C=O) groups is 8. The minimum absolute atomic E-state index is 0.0262. The zero-order chi connectivity index (χ0) is 53.5. The molecule has 0 radical (unpaired) electrons. The lowest BCUT2D eigenvalue weighted by Gasteiger charge is -2.31. The van der Waals surface area contributed by atoms with Crippen molar-refractivity contribution in [1.29, 1.82) is 0 Å². The molecular weight excluding hydrogens is 962 g/mol. The third-order valence-electron chi connectivity index (χ3n) is 13.0. The monoisotopic (exact) mass is 1020 g/mol. The minimum atomic E-state index is -2.03. The third kappa shape index (κ3) is 12.5. The average Bonchev–Trinajstić information content (AvgIpc) is 3.73. The second kappa shape index (κ2) is 22.9. The molecule has 7 amide bonds. The second-order valence-corrected chi connectivity index (χ2v) is 19.3. The molecule has 392 valence electrons. The number of cyclic esters (lactones) is 1. The number of esters is 1. The maximum absolute atomic E-state index is 15.4. The van der Waals surface area contributed by atoms with Crippen LogP contribution in [0.2, 0.25) is 0 Å². The summed E-state index contributed by atoms with van der Waals surface area (Å²) in [6.07, 6.45) is 1.91. The van der Waals surface area contributed by atoms with Gasteiger partial charge in [-0.3, -0.25) is 33.6 Å². The number of aliphatic hydroxyl groups is 1. The number of benzene rings is 2. The highest BCUT2D eigenvalue weighted by molar-refractivity contribution is 5.98. The fourth-order valence-electron chi connectivity index (χ4n) is 9.20. The zero-order valence-electron chi connectivity index (χ0n) is 41.8. The van der Waals surface area contributed by atoms with Crippen molar-refractivity contribution in [2.75, 3.05) is 32.7 Å². The molecular formula is C52H60FN9O12. The van der Waals surface area contributed by atoms with E-state index in [0.29, 0.717) is 46.4 Å². The number of aromatic nitrogens is 2. The summed E-state index contributed by atoms with van der Waals surface area (Å²) in [6.45, 7) is 6.85. The predicted molar refractivity (Wildman–Crippen MR) is 266 cm³/mol. The van der Waals surface area contributed by atoms with E-state index in [1.54, 1.807) is 77.2 Å². The lowest BCUT2D eigenvalue weighted by atomic mass is 9.78. The number of pyridine rings is 2. The van der Waals surface area contributed by atoms with E-state index in [4.69, 9.17) is 14.5 Å². The Morgan fingerprint density at radius 2 is 1.62 bits per heavy atom. The van der Waals surface area contributed by atoms with Crippen LogP contribution < -0.4 is 37.5 Å². The molecule has 4 heterocycles. The highest BCUT2D eigenvalue weighted by Gasteiger charge is 2.46. The lowest BCUT2D eigenvalue weighted by Crippen LogP contribution is -2.52. The molecule has 1 aliphatic carbocycles. The van der Waals surface area contributed by atoms with Gasteiger partial charge in [0.25, 0.3) is 5.56 Å². The SMILES string of the molecule is CC[C@@]1(O)C(=O)OCc2c1cc1n(c2=O)Cc2c-1nc1cc(F)c(C)c3c1c2C(C=NC(=O)CCCNC(=O)CNC(=O)C(Cc1ccccc1)NC(=O)CNC(=O)CNC(=O)CCNC(=O)OC(C)(C)C)CC3. The summed E-state index contributed by atoms with van der Waals surface area (Å²) in [5.74, 6) is -5.31. The number of hydrogen-bond acceptors (Lipinski definition) is 13. The summed E-state index contributed by atoms with van der Waals surface area (Å²) in [7, 11) is 0. The van der Waals surface area contributed by atoms with Crippen LogP contribution in [0.4, 0.5) is 9.18 Å². The van der Waals surface area contributed by atoms with E-state index in [-0.39, 0.29) is 69.5 Å². The van der Waals surface area contributed by atoms with Gasteiger partial charge in [0, 0.05) is 67.1 Å².